The summed E-state index contributed by atoms with van der Waals surface area (Å²) in [5.41, 5.74) is 3.90. The highest BCUT2D eigenvalue weighted by Gasteiger charge is 2.02. The fraction of sp³-hybridized carbons (Fsp3) is 0.435. The van der Waals surface area contributed by atoms with Crippen LogP contribution < -0.4 is 10.6 Å². The molecule has 0 heterocycles. The fourth-order valence-corrected chi connectivity index (χ4v) is 2.78. The maximum Gasteiger partial charge on any atom is 0.191 e. The molecule has 0 saturated heterocycles. The van der Waals surface area contributed by atoms with E-state index in [0.29, 0.717) is 45.1 Å². The van der Waals surface area contributed by atoms with Gasteiger partial charge in [0.25, 0.3) is 0 Å². The van der Waals surface area contributed by atoms with Crippen molar-refractivity contribution in [1.29, 1.82) is 0 Å². The molecule has 29 heavy (non-hydrogen) atoms. The monoisotopic (exact) mass is 401 g/mol. The average molecular weight is 402 g/mol. The van der Waals surface area contributed by atoms with Crippen LogP contribution in [-0.2, 0) is 29.2 Å². The van der Waals surface area contributed by atoms with E-state index < -0.39 is 0 Å². The molecule has 158 valence electrons. The summed E-state index contributed by atoms with van der Waals surface area (Å²) >= 11 is 0. The predicted octanol–water partition coefficient (Wildman–Crippen LogP) is 3.94. The van der Waals surface area contributed by atoms with Crippen LogP contribution in [0.15, 0.2) is 47.5 Å². The highest BCUT2D eigenvalue weighted by molar-refractivity contribution is 5.79. The van der Waals surface area contributed by atoms with E-state index >= 15 is 0 Å². The van der Waals surface area contributed by atoms with Crippen molar-refractivity contribution < 1.29 is 13.9 Å². The molecule has 0 fully saturated rings. The lowest BCUT2D eigenvalue weighted by molar-refractivity contribution is 0.0453. The zero-order valence-electron chi connectivity index (χ0n) is 17.6. The lowest BCUT2D eigenvalue weighted by Crippen LogP contribution is -2.36. The highest BCUT2D eigenvalue weighted by atomic mass is 19.1. The fourth-order valence-electron chi connectivity index (χ4n) is 2.78. The van der Waals surface area contributed by atoms with Gasteiger partial charge < -0.3 is 20.1 Å². The minimum absolute atomic E-state index is 0.184. The Labute approximate surface area is 173 Å². The summed E-state index contributed by atoms with van der Waals surface area (Å²) in [7, 11) is 0. The van der Waals surface area contributed by atoms with Crippen molar-refractivity contribution in [3.63, 3.8) is 0 Å². The van der Waals surface area contributed by atoms with Crippen LogP contribution >= 0.6 is 0 Å². The molecule has 0 aliphatic rings. The largest absolute Gasteiger partial charge is 0.379 e. The molecule has 0 aliphatic carbocycles. The maximum absolute atomic E-state index is 13.4. The molecule has 6 heteroatoms. The first-order valence-corrected chi connectivity index (χ1v) is 10.1. The third-order valence-electron chi connectivity index (χ3n) is 4.28. The third-order valence-corrected chi connectivity index (χ3v) is 4.28. The van der Waals surface area contributed by atoms with Crippen LogP contribution in [0.25, 0.3) is 0 Å². The molecule has 5 nitrogen and oxygen atoms in total. The van der Waals surface area contributed by atoms with Gasteiger partial charge in [-0.3, -0.25) is 0 Å². The molecule has 2 N–H and O–H groups in total. The van der Waals surface area contributed by atoms with Gasteiger partial charge in [0.05, 0.1) is 26.4 Å². The summed E-state index contributed by atoms with van der Waals surface area (Å²) in [5, 5.41) is 6.54. The number of hydrogen-bond donors (Lipinski definition) is 2. The Bertz CT molecular complexity index is 780. The van der Waals surface area contributed by atoms with Crippen LogP contribution in [0.3, 0.4) is 0 Å². The normalized spacial score (nSPS) is 11.5. The zero-order valence-corrected chi connectivity index (χ0v) is 17.6. The van der Waals surface area contributed by atoms with E-state index in [-0.39, 0.29) is 5.82 Å². The molecule has 0 unspecified atom stereocenters. The molecule has 0 amide bonds. The van der Waals surface area contributed by atoms with Crippen LogP contribution in [0.4, 0.5) is 4.39 Å². The number of benzene rings is 2. The lowest BCUT2D eigenvalue weighted by atomic mass is 10.1. The third kappa shape index (κ3) is 8.62. The van der Waals surface area contributed by atoms with Gasteiger partial charge in [-0.2, -0.15) is 0 Å². The number of rotatable bonds is 11. The molecule has 0 aromatic heterocycles. The summed E-state index contributed by atoms with van der Waals surface area (Å²) < 4.78 is 24.3. The van der Waals surface area contributed by atoms with Gasteiger partial charge in [-0.25, -0.2) is 9.38 Å². The Morgan fingerprint density at radius 2 is 1.76 bits per heavy atom. The van der Waals surface area contributed by atoms with Gasteiger partial charge in [0.2, 0.25) is 0 Å². The molecule has 0 atom stereocenters. The Morgan fingerprint density at radius 3 is 2.52 bits per heavy atom. The average Bonchev–Trinajstić information content (AvgIpc) is 2.72. The Morgan fingerprint density at radius 1 is 0.966 bits per heavy atom. The molecule has 2 rings (SSSR count). The molecule has 0 saturated carbocycles. The summed E-state index contributed by atoms with van der Waals surface area (Å²) in [5.74, 6) is 0.545. The molecule has 0 radical (unpaired) electrons. The van der Waals surface area contributed by atoms with Gasteiger partial charge in [-0.1, -0.05) is 36.4 Å². The van der Waals surface area contributed by atoms with Crippen LogP contribution in [0.2, 0.25) is 0 Å². The van der Waals surface area contributed by atoms with Gasteiger partial charge in [0.15, 0.2) is 5.96 Å². The summed E-state index contributed by atoms with van der Waals surface area (Å²) in [4.78, 5) is 4.66. The van der Waals surface area contributed by atoms with Crippen LogP contribution in [0.5, 0.6) is 0 Å². The first-order chi connectivity index (χ1) is 14.1. The van der Waals surface area contributed by atoms with Crippen molar-refractivity contribution in [1.82, 2.24) is 10.6 Å². The van der Waals surface area contributed by atoms with Crippen LogP contribution in [0, 0.1) is 12.7 Å². The van der Waals surface area contributed by atoms with Crippen LogP contribution in [0.1, 0.15) is 36.1 Å². The van der Waals surface area contributed by atoms with Crippen molar-refractivity contribution in [3.05, 3.63) is 70.5 Å². The molecular formula is C23H32FN3O2. The van der Waals surface area contributed by atoms with Crippen molar-refractivity contribution in [3.8, 4) is 0 Å². The standard InChI is InChI=1S/C23H32FN3O2/c1-4-25-23(27-16-20-9-10-22(24)18(3)13-20)26-15-19-7-6-8-21(14-19)17-29-12-11-28-5-2/h6-10,13-14H,4-5,11-12,15-17H2,1-3H3,(H2,25,26,27). The van der Waals surface area contributed by atoms with Crippen LogP contribution in [-0.4, -0.2) is 32.3 Å². The molecular weight excluding hydrogens is 369 g/mol. The zero-order chi connectivity index (χ0) is 20.9. The van der Waals surface area contributed by atoms with Gasteiger partial charge in [0, 0.05) is 19.7 Å². The lowest BCUT2D eigenvalue weighted by Gasteiger charge is -2.12. The van der Waals surface area contributed by atoms with Crippen molar-refractivity contribution >= 4 is 5.96 Å². The van der Waals surface area contributed by atoms with Crippen molar-refractivity contribution in [2.75, 3.05) is 26.4 Å². The molecule has 0 aliphatic heterocycles. The number of halogens is 1. The van der Waals surface area contributed by atoms with E-state index in [1.54, 1.807) is 13.0 Å². The Hall–Kier alpha value is -2.44. The SMILES string of the molecule is CCNC(=NCc1cccc(COCCOCC)c1)NCc1ccc(F)c(C)c1. The molecule has 2 aromatic rings. The second kappa shape index (κ2) is 12.9. The van der Waals surface area contributed by atoms with E-state index in [0.717, 1.165) is 29.2 Å². The Kier molecular flexibility index (Phi) is 10.2. The van der Waals surface area contributed by atoms with E-state index in [1.807, 2.05) is 32.0 Å². The minimum Gasteiger partial charge on any atom is -0.379 e. The summed E-state index contributed by atoms with van der Waals surface area (Å²) in [6, 6.07) is 13.4. The van der Waals surface area contributed by atoms with E-state index in [4.69, 9.17) is 9.47 Å². The number of hydrogen-bond acceptors (Lipinski definition) is 3. The first-order valence-electron chi connectivity index (χ1n) is 10.1. The second-order valence-electron chi connectivity index (χ2n) is 6.70. The molecule has 0 spiro atoms. The number of aryl methyl sites for hydroxylation is 1. The van der Waals surface area contributed by atoms with Gasteiger partial charge in [-0.15, -0.1) is 0 Å². The summed E-state index contributed by atoms with van der Waals surface area (Å²) in [6.07, 6.45) is 0. The topological polar surface area (TPSA) is 54.9 Å². The number of aliphatic imine (C=N–C) groups is 1. The second-order valence-corrected chi connectivity index (χ2v) is 6.70. The van der Waals surface area contributed by atoms with E-state index in [2.05, 4.69) is 27.8 Å². The number of nitrogens with one attached hydrogen (secondary N) is 2. The minimum atomic E-state index is -0.184. The smallest absolute Gasteiger partial charge is 0.191 e. The number of nitrogens with zero attached hydrogens (tertiary/aromatic N) is 1. The quantitative estimate of drug-likeness (QED) is 0.340. The molecule has 2 aromatic carbocycles. The van der Waals surface area contributed by atoms with Gasteiger partial charge >= 0.3 is 0 Å². The van der Waals surface area contributed by atoms with E-state index in [1.165, 1.54) is 6.07 Å². The number of guanidine groups is 1. The first kappa shape index (κ1) is 22.8. The Balaban J connectivity index is 1.89. The predicted molar refractivity (Wildman–Crippen MR) is 115 cm³/mol. The van der Waals surface area contributed by atoms with Gasteiger partial charge in [-0.05, 0) is 49.1 Å². The number of ether oxygens (including phenoxy) is 2. The highest BCUT2D eigenvalue weighted by Crippen LogP contribution is 2.10. The maximum atomic E-state index is 13.4. The van der Waals surface area contributed by atoms with Crippen molar-refractivity contribution in [2.45, 2.75) is 40.5 Å². The van der Waals surface area contributed by atoms with Crippen molar-refractivity contribution in [2.24, 2.45) is 4.99 Å². The summed E-state index contributed by atoms with van der Waals surface area (Å²) in [6.45, 7) is 10.2. The molecule has 0 bridgehead atoms. The van der Waals surface area contributed by atoms with E-state index in [9.17, 15) is 4.39 Å². The van der Waals surface area contributed by atoms with Gasteiger partial charge in [0.1, 0.15) is 5.82 Å².